The SMILES string of the molecule is Cc1cc(CN2CCN(C(C)C(=O)NCCc3cccs3)CC2)no1. The molecule has 136 valence electrons. The number of amides is 1. The lowest BCUT2D eigenvalue weighted by molar-refractivity contribution is -0.126. The maximum atomic E-state index is 12.4. The summed E-state index contributed by atoms with van der Waals surface area (Å²) in [5.74, 6) is 0.971. The molecule has 3 heterocycles. The number of carbonyl (C=O) groups excluding carboxylic acids is 1. The van der Waals surface area contributed by atoms with Gasteiger partial charge in [0.1, 0.15) is 5.76 Å². The van der Waals surface area contributed by atoms with Crippen LogP contribution in [0.4, 0.5) is 0 Å². The molecule has 1 saturated heterocycles. The number of rotatable bonds is 7. The number of carbonyl (C=O) groups is 1. The Labute approximate surface area is 152 Å². The number of hydrogen-bond donors (Lipinski definition) is 1. The lowest BCUT2D eigenvalue weighted by Crippen LogP contribution is -2.53. The smallest absolute Gasteiger partial charge is 0.237 e. The van der Waals surface area contributed by atoms with Gasteiger partial charge in [0.05, 0.1) is 11.7 Å². The number of aryl methyl sites for hydroxylation is 1. The van der Waals surface area contributed by atoms with Crippen molar-refractivity contribution in [2.24, 2.45) is 0 Å². The maximum Gasteiger partial charge on any atom is 0.237 e. The molecule has 0 bridgehead atoms. The Morgan fingerprint density at radius 2 is 2.20 bits per heavy atom. The van der Waals surface area contributed by atoms with E-state index in [1.165, 1.54) is 4.88 Å². The monoisotopic (exact) mass is 362 g/mol. The van der Waals surface area contributed by atoms with Gasteiger partial charge in [0.2, 0.25) is 5.91 Å². The van der Waals surface area contributed by atoms with Gasteiger partial charge < -0.3 is 9.84 Å². The molecule has 6 nitrogen and oxygen atoms in total. The highest BCUT2D eigenvalue weighted by Crippen LogP contribution is 2.11. The van der Waals surface area contributed by atoms with E-state index in [0.717, 1.165) is 50.6 Å². The summed E-state index contributed by atoms with van der Waals surface area (Å²) in [6.45, 7) is 9.11. The molecule has 7 heteroatoms. The van der Waals surface area contributed by atoms with E-state index < -0.39 is 0 Å². The number of nitrogens with zero attached hydrogens (tertiary/aromatic N) is 3. The minimum atomic E-state index is -0.0835. The molecule has 0 spiro atoms. The highest BCUT2D eigenvalue weighted by atomic mass is 32.1. The van der Waals surface area contributed by atoms with Crippen molar-refractivity contribution in [2.45, 2.75) is 32.9 Å². The fourth-order valence-corrected chi connectivity index (χ4v) is 3.82. The molecule has 25 heavy (non-hydrogen) atoms. The molecule has 1 N–H and O–H groups in total. The van der Waals surface area contributed by atoms with E-state index in [1.807, 2.05) is 26.0 Å². The van der Waals surface area contributed by atoms with Crippen molar-refractivity contribution < 1.29 is 9.32 Å². The average Bonchev–Trinajstić information content (AvgIpc) is 3.27. The fourth-order valence-electron chi connectivity index (χ4n) is 3.11. The number of aromatic nitrogens is 1. The van der Waals surface area contributed by atoms with Crippen LogP contribution in [0.25, 0.3) is 0 Å². The number of hydrogen-bond acceptors (Lipinski definition) is 6. The summed E-state index contributed by atoms with van der Waals surface area (Å²) >= 11 is 1.73. The van der Waals surface area contributed by atoms with E-state index in [0.29, 0.717) is 6.54 Å². The third-order valence-corrected chi connectivity index (χ3v) is 5.58. The molecule has 1 atom stereocenters. The van der Waals surface area contributed by atoms with Crippen LogP contribution in [0.15, 0.2) is 28.1 Å². The van der Waals surface area contributed by atoms with Crippen molar-refractivity contribution in [1.82, 2.24) is 20.3 Å². The van der Waals surface area contributed by atoms with E-state index in [2.05, 4.69) is 31.7 Å². The standard InChI is InChI=1S/C18H26N4O2S/c1-14-12-16(20-24-14)13-21-7-9-22(10-8-21)15(2)18(23)19-6-5-17-4-3-11-25-17/h3-4,11-12,15H,5-10,13H2,1-2H3,(H,19,23). The van der Waals surface area contributed by atoms with Crippen molar-refractivity contribution in [2.75, 3.05) is 32.7 Å². The molecule has 0 saturated carbocycles. The normalized spacial score (nSPS) is 17.5. The summed E-state index contributed by atoms with van der Waals surface area (Å²) < 4.78 is 5.12. The van der Waals surface area contributed by atoms with Crippen LogP contribution in [0.1, 0.15) is 23.3 Å². The molecule has 0 aromatic carbocycles. The zero-order valence-corrected chi connectivity index (χ0v) is 15.7. The molecule has 1 unspecified atom stereocenters. The van der Waals surface area contributed by atoms with Crippen molar-refractivity contribution >= 4 is 17.2 Å². The van der Waals surface area contributed by atoms with Gasteiger partial charge in [0, 0.05) is 50.2 Å². The molecular weight excluding hydrogens is 336 g/mol. The van der Waals surface area contributed by atoms with Gasteiger partial charge in [-0.1, -0.05) is 11.2 Å². The quantitative estimate of drug-likeness (QED) is 0.815. The zero-order valence-electron chi connectivity index (χ0n) is 14.9. The molecule has 0 aliphatic carbocycles. The highest BCUT2D eigenvalue weighted by Gasteiger charge is 2.25. The topological polar surface area (TPSA) is 61.6 Å². The van der Waals surface area contributed by atoms with Crippen LogP contribution < -0.4 is 5.32 Å². The second kappa shape index (κ2) is 8.60. The van der Waals surface area contributed by atoms with Gasteiger partial charge in [-0.15, -0.1) is 11.3 Å². The van der Waals surface area contributed by atoms with Gasteiger partial charge >= 0.3 is 0 Å². The fraction of sp³-hybridized carbons (Fsp3) is 0.556. The van der Waals surface area contributed by atoms with Crippen LogP contribution >= 0.6 is 11.3 Å². The minimum absolute atomic E-state index is 0.0835. The zero-order chi connectivity index (χ0) is 17.6. The lowest BCUT2D eigenvalue weighted by Gasteiger charge is -2.37. The van der Waals surface area contributed by atoms with E-state index >= 15 is 0 Å². The first-order valence-corrected chi connectivity index (χ1v) is 9.68. The van der Waals surface area contributed by atoms with Crippen LogP contribution in [0.2, 0.25) is 0 Å². The number of thiophene rings is 1. The Bertz CT molecular complexity index is 662. The third-order valence-electron chi connectivity index (χ3n) is 4.65. The van der Waals surface area contributed by atoms with E-state index in [-0.39, 0.29) is 11.9 Å². The van der Waals surface area contributed by atoms with Crippen LogP contribution in [0, 0.1) is 6.92 Å². The first-order chi connectivity index (χ1) is 12.1. The van der Waals surface area contributed by atoms with Crippen LogP contribution in [-0.2, 0) is 17.8 Å². The summed E-state index contributed by atoms with van der Waals surface area (Å²) in [7, 11) is 0. The summed E-state index contributed by atoms with van der Waals surface area (Å²) in [6, 6.07) is 6.05. The number of piperazine rings is 1. The second-order valence-corrected chi connectivity index (χ2v) is 7.57. The lowest BCUT2D eigenvalue weighted by atomic mass is 10.2. The minimum Gasteiger partial charge on any atom is -0.361 e. The molecule has 0 radical (unpaired) electrons. The van der Waals surface area contributed by atoms with Crippen LogP contribution in [-0.4, -0.2) is 59.6 Å². The van der Waals surface area contributed by atoms with Gasteiger partial charge in [-0.25, -0.2) is 0 Å². The van der Waals surface area contributed by atoms with Gasteiger partial charge in [-0.3, -0.25) is 14.6 Å². The van der Waals surface area contributed by atoms with Gasteiger partial charge in [0.25, 0.3) is 0 Å². The number of nitrogens with one attached hydrogen (secondary N) is 1. The molecule has 1 aliphatic heterocycles. The largest absolute Gasteiger partial charge is 0.361 e. The predicted octanol–water partition coefficient (Wildman–Crippen LogP) is 1.91. The molecule has 3 rings (SSSR count). The van der Waals surface area contributed by atoms with Crippen molar-refractivity contribution in [3.63, 3.8) is 0 Å². The summed E-state index contributed by atoms with van der Waals surface area (Å²) in [5, 5.41) is 9.18. The molecule has 1 amide bonds. The van der Waals surface area contributed by atoms with Crippen molar-refractivity contribution in [3.05, 3.63) is 39.9 Å². The first-order valence-electron chi connectivity index (χ1n) is 8.80. The summed E-state index contributed by atoms with van der Waals surface area (Å²) in [6.07, 6.45) is 0.904. The van der Waals surface area contributed by atoms with Gasteiger partial charge in [0.15, 0.2) is 0 Å². The molecule has 1 fully saturated rings. The molecule has 1 aliphatic rings. The third kappa shape index (κ3) is 5.14. The Kier molecular flexibility index (Phi) is 6.23. The Hall–Kier alpha value is -1.70. The van der Waals surface area contributed by atoms with Crippen molar-refractivity contribution in [3.8, 4) is 0 Å². The first kappa shape index (κ1) is 18.1. The Morgan fingerprint density at radius 3 is 2.84 bits per heavy atom. The predicted molar refractivity (Wildman–Crippen MR) is 98.6 cm³/mol. The van der Waals surface area contributed by atoms with Crippen LogP contribution in [0.3, 0.4) is 0 Å². The van der Waals surface area contributed by atoms with Gasteiger partial charge in [-0.2, -0.15) is 0 Å². The Morgan fingerprint density at radius 1 is 1.40 bits per heavy atom. The molecule has 2 aromatic rings. The summed E-state index contributed by atoms with van der Waals surface area (Å²) in [5.41, 5.74) is 0.977. The summed E-state index contributed by atoms with van der Waals surface area (Å²) in [4.78, 5) is 18.3. The highest BCUT2D eigenvalue weighted by molar-refractivity contribution is 7.09. The van der Waals surface area contributed by atoms with E-state index in [1.54, 1.807) is 11.3 Å². The second-order valence-electron chi connectivity index (χ2n) is 6.54. The van der Waals surface area contributed by atoms with Gasteiger partial charge in [-0.05, 0) is 31.7 Å². The molecule has 2 aromatic heterocycles. The maximum absolute atomic E-state index is 12.4. The van der Waals surface area contributed by atoms with Crippen molar-refractivity contribution in [1.29, 1.82) is 0 Å². The van der Waals surface area contributed by atoms with E-state index in [4.69, 9.17) is 4.52 Å². The Balaban J connectivity index is 1.38. The average molecular weight is 362 g/mol. The van der Waals surface area contributed by atoms with Crippen LogP contribution in [0.5, 0.6) is 0 Å². The molecular formula is C18H26N4O2S. The van der Waals surface area contributed by atoms with E-state index in [9.17, 15) is 4.79 Å².